The van der Waals surface area contributed by atoms with E-state index in [0.717, 1.165) is 0 Å². The number of aromatic carboxylic acids is 1. The number of nitrogens with zero attached hydrogens (tertiary/aromatic N) is 2. The van der Waals surface area contributed by atoms with E-state index in [4.69, 9.17) is 14.6 Å². The number of imidazole rings is 1. The van der Waals surface area contributed by atoms with Crippen molar-refractivity contribution in [3.8, 4) is 11.5 Å². The molecule has 1 aromatic heterocycles. The molecule has 1 heterocycles. The lowest BCUT2D eigenvalue weighted by atomic mass is 10.3. The van der Waals surface area contributed by atoms with Crippen LogP contribution in [-0.2, 0) is 6.61 Å². The molecule has 6 nitrogen and oxygen atoms in total. The van der Waals surface area contributed by atoms with Gasteiger partial charge in [0.05, 0.1) is 13.3 Å². The predicted octanol–water partition coefficient (Wildman–Crippen LogP) is 2.75. The van der Waals surface area contributed by atoms with Crippen LogP contribution in [0.25, 0.3) is 0 Å². The Morgan fingerprint density at radius 1 is 1.38 bits per heavy atom. The second-order valence-corrected chi connectivity index (χ2v) is 4.80. The topological polar surface area (TPSA) is 73.6 Å². The lowest BCUT2D eigenvalue weighted by Crippen LogP contribution is -2.15. The summed E-state index contributed by atoms with van der Waals surface area (Å²) in [4.78, 5) is 15.3. The summed E-state index contributed by atoms with van der Waals surface area (Å²) in [5, 5.41) is 9.16. The zero-order chi connectivity index (χ0) is 15.4. The summed E-state index contributed by atoms with van der Waals surface area (Å²) in [5.41, 5.74) is 0.161. The van der Waals surface area contributed by atoms with Crippen molar-refractivity contribution in [3.63, 3.8) is 0 Å². The van der Waals surface area contributed by atoms with Crippen molar-refractivity contribution in [3.05, 3.63) is 42.0 Å². The van der Waals surface area contributed by atoms with Crippen LogP contribution in [0.2, 0.25) is 0 Å². The highest BCUT2D eigenvalue weighted by Crippen LogP contribution is 2.21. The smallest absolute Gasteiger partial charge is 0.354 e. The Morgan fingerprint density at radius 2 is 2.10 bits per heavy atom. The monoisotopic (exact) mass is 290 g/mol. The molecule has 1 N–H and O–H groups in total. The standard InChI is InChI=1S/C15H18N2O4/c1-10(2)17-13(15(18)19)8-16-14(17)9-21-12-6-4-5-11(7-12)20-3/h4-8,10H,9H2,1-3H3,(H,18,19). The summed E-state index contributed by atoms with van der Waals surface area (Å²) in [6.07, 6.45) is 1.35. The Hall–Kier alpha value is -2.50. The minimum absolute atomic E-state index is 0.0116. The summed E-state index contributed by atoms with van der Waals surface area (Å²) in [7, 11) is 1.59. The molecule has 0 aliphatic rings. The molecule has 2 rings (SSSR count). The lowest BCUT2D eigenvalue weighted by Gasteiger charge is -2.14. The first kappa shape index (κ1) is 14.9. The van der Waals surface area contributed by atoms with Gasteiger partial charge in [-0.3, -0.25) is 0 Å². The lowest BCUT2D eigenvalue weighted by molar-refractivity contribution is 0.0682. The SMILES string of the molecule is COc1cccc(OCc2ncc(C(=O)O)n2C(C)C)c1. The molecule has 112 valence electrons. The van der Waals surface area contributed by atoms with Crippen LogP contribution in [0, 0.1) is 0 Å². The Kier molecular flexibility index (Phi) is 4.47. The number of ether oxygens (including phenoxy) is 2. The molecule has 0 atom stereocenters. The van der Waals surface area contributed by atoms with E-state index in [1.165, 1.54) is 6.20 Å². The molecular formula is C15H18N2O4. The maximum Gasteiger partial charge on any atom is 0.354 e. The molecule has 0 spiro atoms. The van der Waals surface area contributed by atoms with Crippen LogP contribution >= 0.6 is 0 Å². The highest BCUT2D eigenvalue weighted by atomic mass is 16.5. The van der Waals surface area contributed by atoms with Gasteiger partial charge in [-0.05, 0) is 26.0 Å². The van der Waals surface area contributed by atoms with Gasteiger partial charge < -0.3 is 19.1 Å². The van der Waals surface area contributed by atoms with Crippen LogP contribution in [0.1, 0.15) is 36.2 Å². The van der Waals surface area contributed by atoms with Gasteiger partial charge in [0.2, 0.25) is 0 Å². The van der Waals surface area contributed by atoms with Crippen LogP contribution < -0.4 is 9.47 Å². The molecule has 0 bridgehead atoms. The summed E-state index contributed by atoms with van der Waals surface area (Å²) in [6, 6.07) is 7.21. The normalized spacial score (nSPS) is 10.7. The summed E-state index contributed by atoms with van der Waals surface area (Å²) >= 11 is 0. The molecule has 0 aliphatic carbocycles. The quantitative estimate of drug-likeness (QED) is 0.885. The second kappa shape index (κ2) is 6.30. The third-order valence-corrected chi connectivity index (χ3v) is 3.02. The zero-order valence-electron chi connectivity index (χ0n) is 12.2. The van der Waals surface area contributed by atoms with Gasteiger partial charge in [0.1, 0.15) is 29.6 Å². The van der Waals surface area contributed by atoms with Crippen molar-refractivity contribution in [1.29, 1.82) is 0 Å². The van der Waals surface area contributed by atoms with Gasteiger partial charge in [-0.1, -0.05) is 6.07 Å². The Balaban J connectivity index is 2.18. The molecule has 1 aromatic carbocycles. The number of rotatable bonds is 6. The molecule has 0 fully saturated rings. The number of benzene rings is 1. The van der Waals surface area contributed by atoms with Gasteiger partial charge in [-0.2, -0.15) is 0 Å². The molecule has 0 saturated heterocycles. The van der Waals surface area contributed by atoms with E-state index in [1.807, 2.05) is 32.0 Å². The number of carboxylic acids is 1. The Morgan fingerprint density at radius 3 is 2.71 bits per heavy atom. The Labute approximate surface area is 122 Å². The van der Waals surface area contributed by atoms with Crippen molar-refractivity contribution in [2.24, 2.45) is 0 Å². The van der Waals surface area contributed by atoms with E-state index < -0.39 is 5.97 Å². The van der Waals surface area contributed by atoms with Crippen molar-refractivity contribution in [1.82, 2.24) is 9.55 Å². The van der Waals surface area contributed by atoms with Gasteiger partial charge >= 0.3 is 5.97 Å². The third kappa shape index (κ3) is 3.34. The molecular weight excluding hydrogens is 272 g/mol. The average molecular weight is 290 g/mol. The van der Waals surface area contributed by atoms with E-state index in [1.54, 1.807) is 17.7 Å². The van der Waals surface area contributed by atoms with E-state index in [2.05, 4.69) is 4.98 Å². The average Bonchev–Trinajstić information content (AvgIpc) is 2.89. The predicted molar refractivity (Wildman–Crippen MR) is 76.9 cm³/mol. The number of carboxylic acid groups (broad SMARTS) is 1. The largest absolute Gasteiger partial charge is 0.497 e. The number of aromatic nitrogens is 2. The van der Waals surface area contributed by atoms with E-state index in [9.17, 15) is 4.79 Å². The molecule has 2 aromatic rings. The highest BCUT2D eigenvalue weighted by molar-refractivity contribution is 5.85. The van der Waals surface area contributed by atoms with Gasteiger partial charge in [0.15, 0.2) is 0 Å². The van der Waals surface area contributed by atoms with E-state index in [-0.39, 0.29) is 18.3 Å². The fourth-order valence-electron chi connectivity index (χ4n) is 2.08. The number of hydrogen-bond donors (Lipinski definition) is 1. The first-order chi connectivity index (χ1) is 10.0. The Bertz CT molecular complexity index is 634. The second-order valence-electron chi connectivity index (χ2n) is 4.80. The fraction of sp³-hybridized carbons (Fsp3) is 0.333. The van der Waals surface area contributed by atoms with E-state index in [0.29, 0.717) is 17.3 Å². The van der Waals surface area contributed by atoms with Gasteiger partial charge in [0, 0.05) is 12.1 Å². The minimum atomic E-state index is -0.996. The van der Waals surface area contributed by atoms with Crippen molar-refractivity contribution in [2.75, 3.05) is 7.11 Å². The number of hydrogen-bond acceptors (Lipinski definition) is 4. The van der Waals surface area contributed by atoms with Crippen LogP contribution in [0.4, 0.5) is 0 Å². The minimum Gasteiger partial charge on any atom is -0.497 e. The molecule has 21 heavy (non-hydrogen) atoms. The maximum atomic E-state index is 11.2. The van der Waals surface area contributed by atoms with Gasteiger partial charge in [-0.25, -0.2) is 9.78 Å². The zero-order valence-corrected chi connectivity index (χ0v) is 12.2. The molecule has 0 unspecified atom stereocenters. The summed E-state index contributed by atoms with van der Waals surface area (Å²) in [6.45, 7) is 4.00. The summed E-state index contributed by atoms with van der Waals surface area (Å²) < 4.78 is 12.4. The van der Waals surface area contributed by atoms with E-state index >= 15 is 0 Å². The van der Waals surface area contributed by atoms with Gasteiger partial charge in [0.25, 0.3) is 0 Å². The van der Waals surface area contributed by atoms with Crippen LogP contribution in [0.5, 0.6) is 11.5 Å². The number of methoxy groups -OCH3 is 1. The molecule has 0 radical (unpaired) electrons. The summed E-state index contributed by atoms with van der Waals surface area (Å²) in [5.74, 6) is 0.921. The van der Waals surface area contributed by atoms with Crippen LogP contribution in [-0.4, -0.2) is 27.7 Å². The first-order valence-corrected chi connectivity index (χ1v) is 6.59. The fourth-order valence-corrected chi connectivity index (χ4v) is 2.08. The van der Waals surface area contributed by atoms with Crippen molar-refractivity contribution < 1.29 is 19.4 Å². The third-order valence-electron chi connectivity index (χ3n) is 3.02. The molecule has 0 amide bonds. The number of carbonyl (C=O) groups is 1. The van der Waals surface area contributed by atoms with Crippen molar-refractivity contribution >= 4 is 5.97 Å². The maximum absolute atomic E-state index is 11.2. The molecule has 0 aliphatic heterocycles. The van der Waals surface area contributed by atoms with Gasteiger partial charge in [-0.15, -0.1) is 0 Å². The van der Waals surface area contributed by atoms with Crippen molar-refractivity contribution in [2.45, 2.75) is 26.5 Å². The molecule has 6 heteroatoms. The van der Waals surface area contributed by atoms with Crippen LogP contribution in [0.15, 0.2) is 30.5 Å². The van der Waals surface area contributed by atoms with Crippen LogP contribution in [0.3, 0.4) is 0 Å². The highest BCUT2D eigenvalue weighted by Gasteiger charge is 2.18. The molecule has 0 saturated carbocycles. The first-order valence-electron chi connectivity index (χ1n) is 6.59.